The van der Waals surface area contributed by atoms with Crippen molar-refractivity contribution in [2.75, 3.05) is 0 Å². The molecule has 0 saturated heterocycles. The summed E-state index contributed by atoms with van der Waals surface area (Å²) < 4.78 is 40.6. The van der Waals surface area contributed by atoms with Crippen molar-refractivity contribution >= 4 is 22.5 Å². The van der Waals surface area contributed by atoms with E-state index in [9.17, 15) is 13.2 Å². The van der Waals surface area contributed by atoms with Crippen LogP contribution in [0, 0.1) is 11.3 Å². The zero-order chi connectivity index (χ0) is 15.9. The number of rotatable bonds is 1. The van der Waals surface area contributed by atoms with Crippen molar-refractivity contribution in [1.82, 2.24) is 14.5 Å². The number of hydrogen-bond donors (Lipinski definition) is 0. The van der Waals surface area contributed by atoms with Crippen LogP contribution in [0.1, 0.15) is 11.1 Å². The van der Waals surface area contributed by atoms with Gasteiger partial charge in [0.1, 0.15) is 5.56 Å². The zero-order valence-electron chi connectivity index (χ0n) is 10.8. The number of benzene rings is 1. The number of hydrogen-bond acceptors (Lipinski definition) is 3. The lowest BCUT2D eigenvalue weighted by atomic mass is 10.2. The van der Waals surface area contributed by atoms with Crippen molar-refractivity contribution in [2.45, 2.75) is 6.18 Å². The number of alkyl halides is 3. The van der Waals surface area contributed by atoms with Crippen LogP contribution in [0.4, 0.5) is 13.2 Å². The molecule has 3 aromatic rings. The Morgan fingerprint density at radius 1 is 1.23 bits per heavy atom. The van der Waals surface area contributed by atoms with E-state index >= 15 is 0 Å². The highest BCUT2D eigenvalue weighted by Crippen LogP contribution is 2.34. The van der Waals surface area contributed by atoms with Crippen LogP contribution in [-0.2, 0) is 6.18 Å². The third-order valence-corrected chi connectivity index (χ3v) is 3.28. The molecule has 1 aromatic carbocycles. The van der Waals surface area contributed by atoms with Crippen LogP contribution in [-0.4, -0.2) is 14.5 Å². The van der Waals surface area contributed by atoms with Gasteiger partial charge in [-0.1, -0.05) is 6.07 Å². The van der Waals surface area contributed by atoms with Crippen LogP contribution in [0.15, 0.2) is 36.7 Å². The molecule has 4 nitrogen and oxygen atoms in total. The molecule has 3 rings (SSSR count). The van der Waals surface area contributed by atoms with Gasteiger partial charge in [-0.3, -0.25) is 0 Å². The maximum Gasteiger partial charge on any atom is 0.421 e. The smallest absolute Gasteiger partial charge is 0.301 e. The van der Waals surface area contributed by atoms with Gasteiger partial charge in [-0.05, 0) is 29.8 Å². The molecule has 0 atom stereocenters. The standard InChI is InChI=1S/C14H6ClF3N4/c15-13-20-7-10(14(16,17)18)12(21-13)22-4-3-9-2-1-8(6-19)5-11(9)22/h1-5,7H. The second-order valence-corrected chi connectivity index (χ2v) is 4.78. The number of halogens is 4. The van der Waals surface area contributed by atoms with Gasteiger partial charge in [0.15, 0.2) is 5.82 Å². The molecule has 0 aliphatic carbocycles. The largest absolute Gasteiger partial charge is 0.421 e. The van der Waals surface area contributed by atoms with Crippen molar-refractivity contribution in [3.05, 3.63) is 53.1 Å². The second-order valence-electron chi connectivity index (χ2n) is 4.45. The number of aromatic nitrogens is 3. The van der Waals surface area contributed by atoms with Crippen LogP contribution in [0.2, 0.25) is 5.28 Å². The quantitative estimate of drug-likeness (QED) is 0.637. The first-order chi connectivity index (χ1) is 10.4. The van der Waals surface area contributed by atoms with E-state index in [0.29, 0.717) is 22.7 Å². The second kappa shape index (κ2) is 5.00. The predicted molar refractivity (Wildman–Crippen MR) is 73.6 cm³/mol. The highest BCUT2D eigenvalue weighted by atomic mass is 35.5. The summed E-state index contributed by atoms with van der Waals surface area (Å²) in [6.45, 7) is 0. The minimum Gasteiger partial charge on any atom is -0.301 e. The Morgan fingerprint density at radius 3 is 2.68 bits per heavy atom. The Balaban J connectivity index is 2.32. The molecule has 0 fully saturated rings. The molecule has 0 unspecified atom stereocenters. The van der Waals surface area contributed by atoms with Gasteiger partial charge in [-0.15, -0.1) is 0 Å². The molecule has 0 radical (unpaired) electrons. The summed E-state index contributed by atoms with van der Waals surface area (Å²) in [6, 6.07) is 8.31. The van der Waals surface area contributed by atoms with E-state index in [0.717, 1.165) is 0 Å². The van der Waals surface area contributed by atoms with Gasteiger partial charge in [0.2, 0.25) is 5.28 Å². The van der Waals surface area contributed by atoms with Gasteiger partial charge in [-0.2, -0.15) is 23.4 Å². The number of nitrogens with zero attached hydrogens (tertiary/aromatic N) is 4. The van der Waals surface area contributed by atoms with Crippen molar-refractivity contribution in [2.24, 2.45) is 0 Å². The van der Waals surface area contributed by atoms with Crippen molar-refractivity contribution in [1.29, 1.82) is 5.26 Å². The van der Waals surface area contributed by atoms with Gasteiger partial charge < -0.3 is 4.57 Å². The Bertz CT molecular complexity index is 909. The Morgan fingerprint density at radius 2 is 2.00 bits per heavy atom. The molecular formula is C14H6ClF3N4. The minimum atomic E-state index is -4.62. The van der Waals surface area contributed by atoms with Crippen molar-refractivity contribution in [3.8, 4) is 11.9 Å². The molecular weight excluding hydrogens is 317 g/mol. The molecule has 0 spiro atoms. The van der Waals surface area contributed by atoms with E-state index in [1.54, 1.807) is 18.2 Å². The van der Waals surface area contributed by atoms with E-state index in [2.05, 4.69) is 9.97 Å². The zero-order valence-corrected chi connectivity index (χ0v) is 11.5. The summed E-state index contributed by atoms with van der Waals surface area (Å²) in [6.07, 6.45) is -2.53. The molecule has 0 amide bonds. The topological polar surface area (TPSA) is 54.5 Å². The lowest BCUT2D eigenvalue weighted by molar-refractivity contribution is -0.137. The molecule has 2 heterocycles. The molecule has 110 valence electrons. The molecule has 0 saturated carbocycles. The molecule has 0 aliphatic heterocycles. The van der Waals surface area contributed by atoms with Crippen LogP contribution < -0.4 is 0 Å². The molecule has 22 heavy (non-hydrogen) atoms. The Kier molecular flexibility index (Phi) is 3.26. The Labute approximate surface area is 127 Å². The molecule has 0 aliphatic rings. The van der Waals surface area contributed by atoms with Crippen LogP contribution >= 0.6 is 11.6 Å². The highest BCUT2D eigenvalue weighted by molar-refractivity contribution is 6.28. The average molecular weight is 323 g/mol. The van der Waals surface area contributed by atoms with Crippen molar-refractivity contribution in [3.63, 3.8) is 0 Å². The number of nitriles is 1. The predicted octanol–water partition coefficient (Wildman–Crippen LogP) is 3.96. The number of fused-ring (bicyclic) bond motifs is 1. The van der Waals surface area contributed by atoms with Gasteiger partial charge in [0, 0.05) is 17.8 Å². The van der Waals surface area contributed by atoms with E-state index in [1.165, 1.54) is 16.8 Å². The van der Waals surface area contributed by atoms with Gasteiger partial charge in [0.25, 0.3) is 0 Å². The Hall–Kier alpha value is -2.59. The first kappa shape index (κ1) is 14.4. The van der Waals surface area contributed by atoms with Crippen molar-refractivity contribution < 1.29 is 13.2 Å². The summed E-state index contributed by atoms with van der Waals surface area (Å²) in [5.74, 6) is -0.377. The fourth-order valence-corrected chi connectivity index (χ4v) is 2.25. The first-order valence-electron chi connectivity index (χ1n) is 6.01. The maximum absolute atomic E-state index is 13.1. The van der Waals surface area contributed by atoms with Gasteiger partial charge in [0.05, 0.1) is 17.1 Å². The van der Waals surface area contributed by atoms with Crippen LogP contribution in [0.3, 0.4) is 0 Å². The first-order valence-corrected chi connectivity index (χ1v) is 6.39. The summed E-state index contributed by atoms with van der Waals surface area (Å²) in [5.41, 5.74) is -0.239. The molecule has 2 aromatic heterocycles. The SMILES string of the molecule is N#Cc1ccc2ccn(-c3nc(Cl)ncc3C(F)(F)F)c2c1. The van der Waals surface area contributed by atoms with E-state index in [4.69, 9.17) is 16.9 Å². The fourth-order valence-electron chi connectivity index (χ4n) is 2.12. The third-order valence-electron chi connectivity index (χ3n) is 3.10. The normalized spacial score (nSPS) is 11.6. The highest BCUT2D eigenvalue weighted by Gasteiger charge is 2.36. The lowest BCUT2D eigenvalue weighted by Gasteiger charge is -2.13. The monoisotopic (exact) mass is 322 g/mol. The summed E-state index contributed by atoms with van der Waals surface area (Å²) in [7, 11) is 0. The average Bonchev–Trinajstić information content (AvgIpc) is 2.88. The summed E-state index contributed by atoms with van der Waals surface area (Å²) >= 11 is 5.64. The van der Waals surface area contributed by atoms with E-state index in [1.807, 2.05) is 6.07 Å². The molecule has 8 heteroatoms. The summed E-state index contributed by atoms with van der Waals surface area (Å²) in [5, 5.41) is 9.33. The fraction of sp³-hybridized carbons (Fsp3) is 0.0714. The van der Waals surface area contributed by atoms with Crippen LogP contribution in [0.5, 0.6) is 0 Å². The maximum atomic E-state index is 13.1. The van der Waals surface area contributed by atoms with E-state index < -0.39 is 11.7 Å². The minimum absolute atomic E-state index is 0.290. The lowest BCUT2D eigenvalue weighted by Crippen LogP contribution is -2.13. The van der Waals surface area contributed by atoms with Crippen LogP contribution in [0.25, 0.3) is 16.7 Å². The third kappa shape index (κ3) is 2.38. The van der Waals surface area contributed by atoms with E-state index in [-0.39, 0.29) is 11.1 Å². The molecule has 0 N–H and O–H groups in total. The molecule has 0 bridgehead atoms. The van der Waals surface area contributed by atoms with Gasteiger partial charge >= 0.3 is 6.18 Å². The van der Waals surface area contributed by atoms with Gasteiger partial charge in [-0.25, -0.2) is 4.98 Å². The summed E-state index contributed by atoms with van der Waals surface area (Å²) in [4.78, 5) is 7.10.